The Morgan fingerprint density at radius 2 is 1.81 bits per heavy atom. The summed E-state index contributed by atoms with van der Waals surface area (Å²) in [5, 5.41) is 3.38. The van der Waals surface area contributed by atoms with E-state index in [2.05, 4.69) is 70.6 Å². The first kappa shape index (κ1) is 20.3. The number of imidazole rings is 1. The van der Waals surface area contributed by atoms with Crippen molar-refractivity contribution < 1.29 is 0 Å². The van der Waals surface area contributed by atoms with Crippen LogP contribution >= 0.6 is 0 Å². The Kier molecular flexibility index (Phi) is 6.08. The standard InChI is InChI=1S/C25H26N6/c1-4-15-30(16-5-2)21-11-12-23-22(17-21)27-18-31(23)24-13-14-26-25(29-24)28-19(3)20-9-7-6-8-10-20/h4-14,17-19H,1-2,15-16H2,3H3,(H,26,28,29)/t19-/m0/s1. The molecule has 0 saturated heterocycles. The third-order valence-electron chi connectivity index (χ3n) is 5.13. The van der Waals surface area contributed by atoms with Crippen molar-refractivity contribution in [3.63, 3.8) is 0 Å². The van der Waals surface area contributed by atoms with Crippen LogP contribution in [0.2, 0.25) is 0 Å². The van der Waals surface area contributed by atoms with Gasteiger partial charge in [0.15, 0.2) is 0 Å². The number of aromatic nitrogens is 4. The van der Waals surface area contributed by atoms with Crippen LogP contribution in [-0.4, -0.2) is 32.6 Å². The van der Waals surface area contributed by atoms with Crippen molar-refractivity contribution >= 4 is 22.7 Å². The van der Waals surface area contributed by atoms with Crippen molar-refractivity contribution in [2.24, 2.45) is 0 Å². The zero-order valence-electron chi connectivity index (χ0n) is 17.6. The number of fused-ring (bicyclic) bond motifs is 1. The van der Waals surface area contributed by atoms with Gasteiger partial charge in [0.25, 0.3) is 0 Å². The number of benzene rings is 2. The van der Waals surface area contributed by atoms with E-state index in [4.69, 9.17) is 4.98 Å². The predicted molar refractivity (Wildman–Crippen MR) is 128 cm³/mol. The van der Waals surface area contributed by atoms with Crippen molar-refractivity contribution in [1.82, 2.24) is 19.5 Å². The third kappa shape index (κ3) is 4.48. The second-order valence-electron chi connectivity index (χ2n) is 7.29. The minimum Gasteiger partial charge on any atom is -0.364 e. The molecule has 1 N–H and O–H groups in total. The number of hydrogen-bond donors (Lipinski definition) is 1. The molecule has 4 rings (SSSR count). The van der Waals surface area contributed by atoms with E-state index >= 15 is 0 Å². The second kappa shape index (κ2) is 9.26. The molecule has 0 unspecified atom stereocenters. The highest BCUT2D eigenvalue weighted by molar-refractivity contribution is 5.81. The summed E-state index contributed by atoms with van der Waals surface area (Å²) in [5.74, 6) is 1.34. The van der Waals surface area contributed by atoms with E-state index < -0.39 is 0 Å². The molecule has 2 aromatic heterocycles. The summed E-state index contributed by atoms with van der Waals surface area (Å²) in [6.45, 7) is 11.3. The highest BCUT2D eigenvalue weighted by atomic mass is 15.2. The van der Waals surface area contributed by atoms with Gasteiger partial charge < -0.3 is 10.2 Å². The Hall–Kier alpha value is -3.93. The molecule has 0 spiro atoms. The van der Waals surface area contributed by atoms with Crippen LogP contribution < -0.4 is 10.2 Å². The van der Waals surface area contributed by atoms with Crippen molar-refractivity contribution in [3.8, 4) is 5.82 Å². The average molecular weight is 411 g/mol. The maximum atomic E-state index is 4.71. The Balaban J connectivity index is 1.61. The molecule has 0 aliphatic rings. The minimum atomic E-state index is 0.0965. The SMILES string of the molecule is C=CCN(CC=C)c1ccc2c(c1)ncn2-c1ccnc(N[C@@H](C)c2ccccc2)n1. The molecule has 0 saturated carbocycles. The van der Waals surface area contributed by atoms with E-state index in [-0.39, 0.29) is 6.04 Å². The molecular weight excluding hydrogens is 384 g/mol. The van der Waals surface area contributed by atoms with Gasteiger partial charge in [0.1, 0.15) is 12.1 Å². The van der Waals surface area contributed by atoms with Gasteiger partial charge in [-0.05, 0) is 36.8 Å². The zero-order chi connectivity index (χ0) is 21.6. The van der Waals surface area contributed by atoms with Crippen LogP contribution in [-0.2, 0) is 0 Å². The van der Waals surface area contributed by atoms with Crippen LogP contribution in [0.4, 0.5) is 11.6 Å². The lowest BCUT2D eigenvalue weighted by atomic mass is 10.1. The fraction of sp³-hybridized carbons (Fsp3) is 0.160. The van der Waals surface area contributed by atoms with E-state index in [1.54, 1.807) is 12.5 Å². The Morgan fingerprint density at radius 1 is 1.03 bits per heavy atom. The van der Waals surface area contributed by atoms with Gasteiger partial charge in [0, 0.05) is 25.0 Å². The Morgan fingerprint density at radius 3 is 2.55 bits per heavy atom. The first-order valence-corrected chi connectivity index (χ1v) is 10.3. The van der Waals surface area contributed by atoms with Gasteiger partial charge in [-0.3, -0.25) is 4.57 Å². The molecule has 2 aromatic carbocycles. The number of anilines is 2. The summed E-state index contributed by atoms with van der Waals surface area (Å²) in [6, 6.07) is 18.5. The molecule has 0 aliphatic heterocycles. The van der Waals surface area contributed by atoms with Gasteiger partial charge >= 0.3 is 0 Å². The van der Waals surface area contributed by atoms with E-state index in [0.717, 1.165) is 35.6 Å². The highest BCUT2D eigenvalue weighted by Gasteiger charge is 2.11. The lowest BCUT2D eigenvalue weighted by molar-refractivity contribution is 0.854. The normalized spacial score (nSPS) is 11.8. The van der Waals surface area contributed by atoms with E-state index in [0.29, 0.717) is 5.95 Å². The summed E-state index contributed by atoms with van der Waals surface area (Å²) in [4.78, 5) is 15.9. The van der Waals surface area contributed by atoms with Crippen molar-refractivity contribution in [2.75, 3.05) is 23.3 Å². The molecule has 0 fully saturated rings. The Labute approximate surface area is 182 Å². The number of rotatable bonds is 9. The Bertz CT molecular complexity index is 1170. The molecule has 4 aromatic rings. The van der Waals surface area contributed by atoms with Gasteiger partial charge in [-0.25, -0.2) is 9.97 Å². The summed E-state index contributed by atoms with van der Waals surface area (Å²) in [5.41, 5.74) is 4.16. The first-order chi connectivity index (χ1) is 15.2. The molecule has 6 heteroatoms. The summed E-state index contributed by atoms with van der Waals surface area (Å²) < 4.78 is 1.98. The molecule has 1 atom stereocenters. The van der Waals surface area contributed by atoms with Crippen LogP contribution in [0, 0.1) is 0 Å². The van der Waals surface area contributed by atoms with Crippen LogP contribution in [0.5, 0.6) is 0 Å². The lowest BCUT2D eigenvalue weighted by Crippen LogP contribution is -2.22. The maximum absolute atomic E-state index is 4.71. The second-order valence-corrected chi connectivity index (χ2v) is 7.29. The minimum absolute atomic E-state index is 0.0965. The van der Waals surface area contributed by atoms with Crippen molar-refractivity contribution in [2.45, 2.75) is 13.0 Å². The highest BCUT2D eigenvalue weighted by Crippen LogP contribution is 2.24. The maximum Gasteiger partial charge on any atom is 0.225 e. The van der Waals surface area contributed by atoms with Crippen molar-refractivity contribution in [3.05, 3.63) is 98.0 Å². The first-order valence-electron chi connectivity index (χ1n) is 10.3. The van der Waals surface area contributed by atoms with Gasteiger partial charge in [-0.2, -0.15) is 4.98 Å². The molecule has 0 radical (unpaired) electrons. The fourth-order valence-electron chi connectivity index (χ4n) is 3.55. The van der Waals surface area contributed by atoms with Gasteiger partial charge in [0.05, 0.1) is 17.1 Å². The van der Waals surface area contributed by atoms with E-state index in [1.807, 2.05) is 41.0 Å². The fourth-order valence-corrected chi connectivity index (χ4v) is 3.55. The molecule has 156 valence electrons. The van der Waals surface area contributed by atoms with Gasteiger partial charge in [-0.15, -0.1) is 13.2 Å². The molecule has 6 nitrogen and oxygen atoms in total. The number of nitrogens with zero attached hydrogens (tertiary/aromatic N) is 5. The van der Waals surface area contributed by atoms with Gasteiger partial charge in [-0.1, -0.05) is 42.5 Å². The molecule has 0 aliphatic carbocycles. The molecule has 31 heavy (non-hydrogen) atoms. The smallest absolute Gasteiger partial charge is 0.225 e. The largest absolute Gasteiger partial charge is 0.364 e. The van der Waals surface area contributed by atoms with E-state index in [1.165, 1.54) is 5.56 Å². The van der Waals surface area contributed by atoms with Crippen LogP contribution in [0.3, 0.4) is 0 Å². The molecule has 0 bridgehead atoms. The number of nitrogens with one attached hydrogen (secondary N) is 1. The van der Waals surface area contributed by atoms with Crippen molar-refractivity contribution in [1.29, 1.82) is 0 Å². The van der Waals surface area contributed by atoms with Crippen LogP contribution in [0.1, 0.15) is 18.5 Å². The molecule has 2 heterocycles. The molecular formula is C25H26N6. The average Bonchev–Trinajstić information content (AvgIpc) is 3.23. The van der Waals surface area contributed by atoms with Crippen LogP contribution in [0.25, 0.3) is 16.9 Å². The summed E-state index contributed by atoms with van der Waals surface area (Å²) in [6.07, 6.45) is 7.33. The predicted octanol–water partition coefficient (Wildman–Crippen LogP) is 5.17. The topological polar surface area (TPSA) is 58.9 Å². The third-order valence-corrected chi connectivity index (χ3v) is 5.13. The summed E-state index contributed by atoms with van der Waals surface area (Å²) in [7, 11) is 0. The number of hydrogen-bond acceptors (Lipinski definition) is 5. The zero-order valence-corrected chi connectivity index (χ0v) is 17.6. The van der Waals surface area contributed by atoms with E-state index in [9.17, 15) is 0 Å². The summed E-state index contributed by atoms with van der Waals surface area (Å²) >= 11 is 0. The lowest BCUT2D eigenvalue weighted by Gasteiger charge is -2.21. The van der Waals surface area contributed by atoms with Crippen LogP contribution in [0.15, 0.2) is 92.4 Å². The monoisotopic (exact) mass is 410 g/mol. The molecule has 0 amide bonds. The quantitative estimate of drug-likeness (QED) is 0.386. The van der Waals surface area contributed by atoms with Gasteiger partial charge in [0.2, 0.25) is 5.95 Å².